The van der Waals surface area contributed by atoms with Crippen LogP contribution < -0.4 is 10.1 Å². The standard InChI is InChI=1S/C19H21Br2NO3/c1-3-4-22-15-6-12(2)5-14(7-15)11-25-19-16(20)8-13(9-17(19)21)10-18(23)24/h5-9,22H,3-4,10-11H2,1-2H3,(H,23,24). The fourth-order valence-electron chi connectivity index (χ4n) is 2.50. The van der Waals surface area contributed by atoms with Crippen LogP contribution in [0.25, 0.3) is 0 Å². The number of aliphatic carboxylic acids is 1. The normalized spacial score (nSPS) is 10.6. The molecule has 0 saturated carbocycles. The molecule has 25 heavy (non-hydrogen) atoms. The summed E-state index contributed by atoms with van der Waals surface area (Å²) in [7, 11) is 0. The molecular weight excluding hydrogens is 450 g/mol. The van der Waals surface area contributed by atoms with Crippen LogP contribution in [0.5, 0.6) is 5.75 Å². The molecule has 0 saturated heterocycles. The van der Waals surface area contributed by atoms with Crippen LogP contribution in [0.15, 0.2) is 39.3 Å². The lowest BCUT2D eigenvalue weighted by Crippen LogP contribution is -2.03. The van der Waals surface area contributed by atoms with Crippen molar-refractivity contribution < 1.29 is 14.6 Å². The van der Waals surface area contributed by atoms with Gasteiger partial charge in [-0.3, -0.25) is 4.79 Å². The molecule has 0 unspecified atom stereocenters. The minimum Gasteiger partial charge on any atom is -0.487 e. The summed E-state index contributed by atoms with van der Waals surface area (Å²) < 4.78 is 7.42. The predicted octanol–water partition coefficient (Wildman–Crippen LogP) is 5.55. The minimum atomic E-state index is -0.862. The van der Waals surface area contributed by atoms with Gasteiger partial charge in [0.2, 0.25) is 0 Å². The number of benzene rings is 2. The van der Waals surface area contributed by atoms with Crippen molar-refractivity contribution in [2.45, 2.75) is 33.3 Å². The number of carbonyl (C=O) groups is 1. The molecule has 0 aliphatic rings. The monoisotopic (exact) mass is 469 g/mol. The van der Waals surface area contributed by atoms with Gasteiger partial charge >= 0.3 is 5.97 Å². The molecule has 0 aliphatic carbocycles. The molecule has 0 spiro atoms. The molecule has 4 nitrogen and oxygen atoms in total. The molecule has 0 aromatic heterocycles. The molecule has 0 amide bonds. The molecule has 0 radical (unpaired) electrons. The van der Waals surface area contributed by atoms with E-state index in [0.29, 0.717) is 17.9 Å². The highest BCUT2D eigenvalue weighted by Crippen LogP contribution is 2.35. The fourth-order valence-corrected chi connectivity index (χ4v) is 4.01. The first-order valence-corrected chi connectivity index (χ1v) is 9.64. The Hall–Kier alpha value is -1.53. The summed E-state index contributed by atoms with van der Waals surface area (Å²) in [5.74, 6) is -0.196. The lowest BCUT2D eigenvalue weighted by Gasteiger charge is -2.14. The summed E-state index contributed by atoms with van der Waals surface area (Å²) in [6.07, 6.45) is 1.05. The average molecular weight is 471 g/mol. The largest absolute Gasteiger partial charge is 0.487 e. The van der Waals surface area contributed by atoms with Crippen LogP contribution in [0.3, 0.4) is 0 Å². The van der Waals surface area contributed by atoms with Crippen LogP contribution >= 0.6 is 31.9 Å². The third-order valence-corrected chi connectivity index (χ3v) is 4.69. The highest BCUT2D eigenvalue weighted by molar-refractivity contribution is 9.11. The van der Waals surface area contributed by atoms with Gasteiger partial charge in [-0.1, -0.05) is 13.0 Å². The summed E-state index contributed by atoms with van der Waals surface area (Å²) in [5.41, 5.74) is 4.05. The predicted molar refractivity (Wildman–Crippen MR) is 107 cm³/mol. The molecule has 0 atom stereocenters. The van der Waals surface area contributed by atoms with E-state index >= 15 is 0 Å². The van der Waals surface area contributed by atoms with Crippen LogP contribution in [0.1, 0.15) is 30.0 Å². The van der Waals surface area contributed by atoms with Crippen molar-refractivity contribution >= 4 is 43.5 Å². The molecule has 0 heterocycles. The van der Waals surface area contributed by atoms with Crippen LogP contribution in [0.4, 0.5) is 5.69 Å². The van der Waals surface area contributed by atoms with E-state index in [-0.39, 0.29) is 6.42 Å². The first-order chi connectivity index (χ1) is 11.9. The molecule has 2 aromatic rings. The van der Waals surface area contributed by atoms with Crippen LogP contribution in [0, 0.1) is 6.92 Å². The van der Waals surface area contributed by atoms with E-state index in [0.717, 1.165) is 33.2 Å². The summed E-state index contributed by atoms with van der Waals surface area (Å²) in [6.45, 7) is 5.56. The van der Waals surface area contributed by atoms with Crippen LogP contribution in [0.2, 0.25) is 0 Å². The van der Waals surface area contributed by atoms with Crippen molar-refractivity contribution in [3.63, 3.8) is 0 Å². The first-order valence-electron chi connectivity index (χ1n) is 8.06. The number of halogens is 2. The van der Waals surface area contributed by atoms with Gasteiger partial charge in [0.15, 0.2) is 0 Å². The van der Waals surface area contributed by atoms with Gasteiger partial charge in [-0.15, -0.1) is 0 Å². The molecule has 2 N–H and O–H groups in total. The van der Waals surface area contributed by atoms with Crippen molar-refractivity contribution in [2.75, 3.05) is 11.9 Å². The average Bonchev–Trinajstić information content (AvgIpc) is 2.51. The Morgan fingerprint density at radius 1 is 1.12 bits per heavy atom. The van der Waals surface area contributed by atoms with Crippen molar-refractivity contribution in [3.05, 3.63) is 56.0 Å². The summed E-state index contributed by atoms with van der Waals surface area (Å²) in [4.78, 5) is 10.9. The second kappa shape index (κ2) is 9.25. The number of hydrogen-bond donors (Lipinski definition) is 2. The van der Waals surface area contributed by atoms with Crippen LogP contribution in [-0.2, 0) is 17.8 Å². The summed E-state index contributed by atoms with van der Waals surface area (Å²) in [6, 6.07) is 9.85. The highest BCUT2D eigenvalue weighted by atomic mass is 79.9. The van der Waals surface area contributed by atoms with E-state index in [4.69, 9.17) is 9.84 Å². The number of rotatable bonds is 8. The maximum Gasteiger partial charge on any atom is 0.307 e. The maximum absolute atomic E-state index is 10.9. The lowest BCUT2D eigenvalue weighted by molar-refractivity contribution is -0.136. The Morgan fingerprint density at radius 3 is 2.40 bits per heavy atom. The third kappa shape index (κ3) is 6.04. The zero-order valence-electron chi connectivity index (χ0n) is 14.2. The Labute approximate surface area is 164 Å². The van der Waals surface area contributed by atoms with E-state index < -0.39 is 5.97 Å². The van der Waals surface area contributed by atoms with Crippen LogP contribution in [-0.4, -0.2) is 17.6 Å². The second-order valence-electron chi connectivity index (χ2n) is 5.88. The van der Waals surface area contributed by atoms with Crippen molar-refractivity contribution in [1.82, 2.24) is 0 Å². The first kappa shape index (κ1) is 19.8. The smallest absolute Gasteiger partial charge is 0.307 e. The number of carboxylic acids is 1. The molecule has 134 valence electrons. The second-order valence-corrected chi connectivity index (χ2v) is 7.59. The number of aryl methyl sites for hydroxylation is 1. The van der Waals surface area contributed by atoms with Gasteiger partial charge in [0.25, 0.3) is 0 Å². The topological polar surface area (TPSA) is 58.6 Å². The number of nitrogens with one attached hydrogen (secondary N) is 1. The molecule has 0 fully saturated rings. The number of hydrogen-bond acceptors (Lipinski definition) is 3. The molecule has 0 aliphatic heterocycles. The zero-order chi connectivity index (χ0) is 18.4. The van der Waals surface area contributed by atoms with Gasteiger partial charge in [-0.2, -0.15) is 0 Å². The highest BCUT2D eigenvalue weighted by Gasteiger charge is 2.11. The van der Waals surface area contributed by atoms with Gasteiger partial charge in [-0.05, 0) is 86.2 Å². The maximum atomic E-state index is 10.9. The van der Waals surface area contributed by atoms with E-state index in [1.165, 1.54) is 5.56 Å². The molecule has 6 heteroatoms. The summed E-state index contributed by atoms with van der Waals surface area (Å²) in [5, 5.41) is 12.3. The SMILES string of the molecule is CCCNc1cc(C)cc(COc2c(Br)cc(CC(=O)O)cc2Br)c1. The lowest BCUT2D eigenvalue weighted by atomic mass is 10.1. The van der Waals surface area contributed by atoms with Crippen molar-refractivity contribution in [2.24, 2.45) is 0 Å². The van der Waals surface area contributed by atoms with Gasteiger partial charge in [-0.25, -0.2) is 0 Å². The molecular formula is C19H21Br2NO3. The van der Waals surface area contributed by atoms with Gasteiger partial charge in [0, 0.05) is 12.2 Å². The minimum absolute atomic E-state index is 0.0260. The number of ether oxygens (including phenoxy) is 1. The molecule has 0 bridgehead atoms. The molecule has 2 aromatic carbocycles. The Balaban J connectivity index is 2.13. The van der Waals surface area contributed by atoms with Gasteiger partial charge in [0.05, 0.1) is 15.4 Å². The van der Waals surface area contributed by atoms with Gasteiger partial charge < -0.3 is 15.2 Å². The van der Waals surface area contributed by atoms with Crippen molar-refractivity contribution in [1.29, 1.82) is 0 Å². The van der Waals surface area contributed by atoms with E-state index in [1.54, 1.807) is 12.1 Å². The van der Waals surface area contributed by atoms with E-state index in [1.807, 2.05) is 0 Å². The van der Waals surface area contributed by atoms with Gasteiger partial charge in [0.1, 0.15) is 12.4 Å². The summed E-state index contributed by atoms with van der Waals surface area (Å²) >= 11 is 6.93. The quantitative estimate of drug-likeness (QED) is 0.531. The third-order valence-electron chi connectivity index (χ3n) is 3.51. The number of anilines is 1. The fraction of sp³-hybridized carbons (Fsp3) is 0.316. The zero-order valence-corrected chi connectivity index (χ0v) is 17.4. The Morgan fingerprint density at radius 2 is 1.80 bits per heavy atom. The van der Waals surface area contributed by atoms with E-state index in [2.05, 4.69) is 69.2 Å². The number of carboxylic acid groups (broad SMARTS) is 1. The van der Waals surface area contributed by atoms with E-state index in [9.17, 15) is 4.79 Å². The Bertz CT molecular complexity index is 739. The van der Waals surface area contributed by atoms with Crippen molar-refractivity contribution in [3.8, 4) is 5.75 Å². The Kier molecular flexibility index (Phi) is 7.32. The molecule has 2 rings (SSSR count).